The van der Waals surface area contributed by atoms with Crippen molar-refractivity contribution in [1.82, 2.24) is 0 Å². The summed E-state index contributed by atoms with van der Waals surface area (Å²) < 4.78 is 35.7. The van der Waals surface area contributed by atoms with Crippen molar-refractivity contribution in [2.45, 2.75) is 37.5 Å². The van der Waals surface area contributed by atoms with Gasteiger partial charge in [-0.3, -0.25) is 0 Å². The Kier molecular flexibility index (Phi) is 3.70. The van der Waals surface area contributed by atoms with Crippen LogP contribution in [0.1, 0.15) is 25.7 Å². The third-order valence-electron chi connectivity index (χ3n) is 2.28. The summed E-state index contributed by atoms with van der Waals surface area (Å²) in [6.45, 7) is 0. The van der Waals surface area contributed by atoms with Crippen LogP contribution < -0.4 is 0 Å². The predicted octanol–water partition coefficient (Wildman–Crippen LogP) is 3.86. The van der Waals surface area contributed by atoms with Gasteiger partial charge in [0.15, 0.2) is 0 Å². The minimum absolute atomic E-state index is 0.185. The predicted molar refractivity (Wildman–Crippen MR) is 54.4 cm³/mol. The monoisotopic (exact) mass is 336 g/mol. The minimum atomic E-state index is -4.45. The summed E-state index contributed by atoms with van der Waals surface area (Å²) in [7, 11) is 0. The summed E-state index contributed by atoms with van der Waals surface area (Å²) >= 11 is 5.28. The molecule has 1 rings (SSSR count). The molecule has 82 valence electrons. The molecular weight excluding hydrogens is 329 g/mol. The molecule has 0 aromatic carbocycles. The molecule has 1 saturated carbocycles. The van der Waals surface area contributed by atoms with Crippen LogP contribution in [-0.2, 0) is 0 Å². The summed E-state index contributed by atoms with van der Waals surface area (Å²) in [6.07, 6.45) is -2.19. The molecule has 0 aromatic heterocycles. The second-order valence-corrected chi connectivity index (χ2v) is 4.95. The Morgan fingerprint density at radius 2 is 1.57 bits per heavy atom. The number of hydrogen-bond acceptors (Lipinski definition) is 1. The first kappa shape index (κ1) is 12.5. The van der Waals surface area contributed by atoms with Gasteiger partial charge >= 0.3 is 6.18 Å². The molecule has 0 radical (unpaired) electrons. The molecular formula is C8H9Br2F3O. The molecule has 0 spiro atoms. The lowest BCUT2D eigenvalue weighted by Crippen LogP contribution is -2.27. The van der Waals surface area contributed by atoms with Gasteiger partial charge in [0.1, 0.15) is 4.48 Å². The molecule has 0 aliphatic heterocycles. The van der Waals surface area contributed by atoms with Gasteiger partial charge in [0.2, 0.25) is 0 Å². The molecule has 0 amide bonds. The molecule has 14 heavy (non-hydrogen) atoms. The molecule has 1 nitrogen and oxygen atoms in total. The van der Waals surface area contributed by atoms with Crippen LogP contribution in [0.4, 0.5) is 13.2 Å². The molecule has 6 heteroatoms. The molecule has 1 aliphatic rings. The highest BCUT2D eigenvalue weighted by Crippen LogP contribution is 2.45. The fourth-order valence-corrected chi connectivity index (χ4v) is 2.50. The fourth-order valence-electron chi connectivity index (χ4n) is 1.51. The van der Waals surface area contributed by atoms with Gasteiger partial charge in [-0.25, -0.2) is 0 Å². The highest BCUT2D eigenvalue weighted by molar-refractivity contribution is 9.14. The van der Waals surface area contributed by atoms with Gasteiger partial charge in [-0.15, -0.1) is 0 Å². The molecule has 0 unspecified atom stereocenters. The van der Waals surface area contributed by atoms with Gasteiger partial charge in [0.25, 0.3) is 0 Å². The molecule has 1 N–H and O–H groups in total. The standard InChI is InChI=1S/C8H9Br2F3O/c9-5(6(10)8(11,12)13)7(14)3-1-2-4-7/h14H,1-4H2/b6-5+. The van der Waals surface area contributed by atoms with E-state index in [9.17, 15) is 18.3 Å². The van der Waals surface area contributed by atoms with E-state index in [1.807, 2.05) is 0 Å². The van der Waals surface area contributed by atoms with Crippen molar-refractivity contribution in [3.63, 3.8) is 0 Å². The van der Waals surface area contributed by atoms with Crippen LogP contribution in [0.2, 0.25) is 0 Å². The molecule has 0 aromatic rings. The van der Waals surface area contributed by atoms with Gasteiger partial charge in [0.05, 0.1) is 5.60 Å². The van der Waals surface area contributed by atoms with Crippen LogP contribution in [0.5, 0.6) is 0 Å². The van der Waals surface area contributed by atoms with Crippen molar-refractivity contribution in [3.8, 4) is 0 Å². The number of aliphatic hydroxyl groups is 1. The Bertz CT molecular complexity index is 254. The first-order valence-corrected chi connectivity index (χ1v) is 5.71. The van der Waals surface area contributed by atoms with Crippen LogP contribution in [0, 0.1) is 0 Å². The maximum Gasteiger partial charge on any atom is 0.423 e. The van der Waals surface area contributed by atoms with E-state index in [0.717, 1.165) is 12.8 Å². The zero-order valence-electron chi connectivity index (χ0n) is 7.17. The normalized spacial score (nSPS) is 23.6. The van der Waals surface area contributed by atoms with Crippen LogP contribution in [0.25, 0.3) is 0 Å². The zero-order chi connectivity index (χ0) is 11.0. The maximum absolute atomic E-state index is 12.3. The van der Waals surface area contributed by atoms with Crippen molar-refractivity contribution in [3.05, 3.63) is 8.96 Å². The number of halogens is 5. The Labute approximate surface area is 96.6 Å². The van der Waals surface area contributed by atoms with Gasteiger partial charge in [-0.1, -0.05) is 28.8 Å². The van der Waals surface area contributed by atoms with Crippen molar-refractivity contribution in [2.75, 3.05) is 0 Å². The smallest absolute Gasteiger partial charge is 0.385 e. The summed E-state index contributed by atoms with van der Waals surface area (Å²) in [6, 6.07) is 0. The van der Waals surface area contributed by atoms with Gasteiger partial charge in [-0.05, 0) is 28.8 Å². The molecule has 0 bridgehead atoms. The lowest BCUT2D eigenvalue weighted by atomic mass is 10.0. The summed E-state index contributed by atoms with van der Waals surface area (Å²) in [5.41, 5.74) is -1.34. The van der Waals surface area contributed by atoms with E-state index in [-0.39, 0.29) is 4.48 Å². The Balaban J connectivity index is 2.97. The van der Waals surface area contributed by atoms with Gasteiger partial charge < -0.3 is 5.11 Å². The van der Waals surface area contributed by atoms with E-state index in [1.54, 1.807) is 0 Å². The van der Waals surface area contributed by atoms with E-state index >= 15 is 0 Å². The largest absolute Gasteiger partial charge is 0.423 e. The first-order chi connectivity index (χ1) is 6.27. The van der Waals surface area contributed by atoms with E-state index in [2.05, 4.69) is 31.9 Å². The van der Waals surface area contributed by atoms with Crippen molar-refractivity contribution < 1.29 is 18.3 Å². The SMILES string of the molecule is OC1(/C(Br)=C(\Br)C(F)(F)F)CCCC1. The molecule has 1 fully saturated rings. The molecule has 0 atom stereocenters. The van der Waals surface area contributed by atoms with E-state index in [0.29, 0.717) is 12.8 Å². The average molecular weight is 338 g/mol. The number of alkyl halides is 3. The molecule has 0 saturated heterocycles. The van der Waals surface area contributed by atoms with Crippen molar-refractivity contribution >= 4 is 31.9 Å². The Hall–Kier alpha value is 0.450. The van der Waals surface area contributed by atoms with Gasteiger partial charge in [0, 0.05) is 4.48 Å². The third-order valence-corrected chi connectivity index (χ3v) is 4.79. The first-order valence-electron chi connectivity index (χ1n) is 4.13. The van der Waals surface area contributed by atoms with E-state index in [4.69, 9.17) is 0 Å². The van der Waals surface area contributed by atoms with Crippen LogP contribution in [-0.4, -0.2) is 16.9 Å². The number of hydrogen-bond donors (Lipinski definition) is 1. The topological polar surface area (TPSA) is 20.2 Å². The average Bonchev–Trinajstić information content (AvgIpc) is 2.49. The van der Waals surface area contributed by atoms with Crippen molar-refractivity contribution in [2.24, 2.45) is 0 Å². The highest BCUT2D eigenvalue weighted by atomic mass is 79.9. The van der Waals surface area contributed by atoms with E-state index < -0.39 is 16.3 Å². The third kappa shape index (κ3) is 2.52. The zero-order valence-corrected chi connectivity index (χ0v) is 10.3. The van der Waals surface area contributed by atoms with Crippen LogP contribution in [0.3, 0.4) is 0 Å². The van der Waals surface area contributed by atoms with Crippen LogP contribution >= 0.6 is 31.9 Å². The number of rotatable bonds is 1. The van der Waals surface area contributed by atoms with E-state index in [1.165, 1.54) is 0 Å². The second-order valence-electron chi connectivity index (χ2n) is 3.36. The van der Waals surface area contributed by atoms with Crippen LogP contribution in [0.15, 0.2) is 8.96 Å². The lowest BCUT2D eigenvalue weighted by molar-refractivity contribution is -0.0848. The summed E-state index contributed by atoms with van der Waals surface area (Å²) in [5.74, 6) is 0. The summed E-state index contributed by atoms with van der Waals surface area (Å²) in [4.78, 5) is 0. The highest BCUT2D eigenvalue weighted by Gasteiger charge is 2.42. The minimum Gasteiger partial charge on any atom is -0.385 e. The van der Waals surface area contributed by atoms with Gasteiger partial charge in [-0.2, -0.15) is 13.2 Å². The second kappa shape index (κ2) is 4.14. The fraction of sp³-hybridized carbons (Fsp3) is 0.750. The summed E-state index contributed by atoms with van der Waals surface area (Å²) in [5, 5.41) is 9.86. The quantitative estimate of drug-likeness (QED) is 0.770. The number of allylic oxidation sites excluding steroid dienone is 1. The Morgan fingerprint density at radius 1 is 1.14 bits per heavy atom. The van der Waals surface area contributed by atoms with Crippen molar-refractivity contribution in [1.29, 1.82) is 0 Å². The molecule has 1 aliphatic carbocycles. The maximum atomic E-state index is 12.3. The lowest BCUT2D eigenvalue weighted by Gasteiger charge is -2.23. The Morgan fingerprint density at radius 3 is 1.93 bits per heavy atom. The molecule has 0 heterocycles.